The van der Waals surface area contributed by atoms with Crippen LogP contribution in [0.15, 0.2) is 0 Å². The summed E-state index contributed by atoms with van der Waals surface area (Å²) in [5, 5.41) is 0. The Bertz CT molecular complexity index is 422. The van der Waals surface area contributed by atoms with Gasteiger partial charge in [-0.1, -0.05) is 20.8 Å². The summed E-state index contributed by atoms with van der Waals surface area (Å²) in [4.78, 5) is 0. The van der Waals surface area contributed by atoms with Crippen LogP contribution in [0.5, 0.6) is 0 Å². The molecule has 0 heterocycles. The van der Waals surface area contributed by atoms with Gasteiger partial charge in [0.05, 0.1) is 18.3 Å². The van der Waals surface area contributed by atoms with Crippen LogP contribution in [0, 0.1) is 45.8 Å². The minimum absolute atomic E-state index is 0.603. The summed E-state index contributed by atoms with van der Waals surface area (Å²) < 4.78 is 0. The van der Waals surface area contributed by atoms with Crippen molar-refractivity contribution in [1.82, 2.24) is 0 Å². The third-order valence-corrected chi connectivity index (χ3v) is 8.55. The average molecular weight is 273 g/mol. The van der Waals surface area contributed by atoms with Gasteiger partial charge < -0.3 is 0 Å². The topological polar surface area (TPSA) is 0 Å². The SMILES string of the molecule is C[C@@H]1CC[C@]2(C)[C+]1CC[C@H]1[C@@H]3C(C)(C)CC[C@]3(C)C[C@H]12. The molecule has 0 unspecified atom stereocenters. The van der Waals surface area contributed by atoms with Crippen LogP contribution in [0.1, 0.15) is 79.6 Å². The molecule has 4 saturated carbocycles. The van der Waals surface area contributed by atoms with Crippen LogP contribution in [0.25, 0.3) is 0 Å². The lowest BCUT2D eigenvalue weighted by molar-refractivity contribution is 0.0577. The van der Waals surface area contributed by atoms with Crippen molar-refractivity contribution in [3.63, 3.8) is 0 Å². The Kier molecular flexibility index (Phi) is 2.56. The van der Waals surface area contributed by atoms with Gasteiger partial charge in [-0.15, -0.1) is 0 Å². The number of rotatable bonds is 0. The quantitative estimate of drug-likeness (QED) is 0.484. The Morgan fingerprint density at radius 3 is 2.45 bits per heavy atom. The van der Waals surface area contributed by atoms with Crippen molar-refractivity contribution in [2.45, 2.75) is 79.6 Å². The first-order chi connectivity index (χ1) is 9.28. The molecule has 0 aromatic heterocycles. The number of fused-ring (bicyclic) bond motifs is 5. The predicted molar refractivity (Wildman–Crippen MR) is 85.2 cm³/mol. The third kappa shape index (κ3) is 1.47. The van der Waals surface area contributed by atoms with Crippen molar-refractivity contribution in [1.29, 1.82) is 0 Å². The van der Waals surface area contributed by atoms with Gasteiger partial charge in [-0.3, -0.25) is 0 Å². The lowest BCUT2D eigenvalue weighted by Gasteiger charge is -2.43. The summed E-state index contributed by atoms with van der Waals surface area (Å²) >= 11 is 0. The molecule has 0 spiro atoms. The first-order valence-electron chi connectivity index (χ1n) is 9.14. The van der Waals surface area contributed by atoms with Crippen molar-refractivity contribution in [2.24, 2.45) is 39.9 Å². The van der Waals surface area contributed by atoms with E-state index in [1.54, 1.807) is 6.42 Å². The highest BCUT2D eigenvalue weighted by atomic mass is 14.7. The Morgan fingerprint density at radius 2 is 1.70 bits per heavy atom. The van der Waals surface area contributed by atoms with Crippen LogP contribution in [-0.4, -0.2) is 0 Å². The molecule has 4 fully saturated rings. The lowest BCUT2D eigenvalue weighted by atomic mass is 9.56. The van der Waals surface area contributed by atoms with Gasteiger partial charge in [0.2, 0.25) is 0 Å². The van der Waals surface area contributed by atoms with Gasteiger partial charge >= 0.3 is 0 Å². The van der Waals surface area contributed by atoms with Crippen LogP contribution >= 0.6 is 0 Å². The Hall–Kier alpha value is -0.130. The maximum Gasteiger partial charge on any atom is 0.111 e. The van der Waals surface area contributed by atoms with E-state index in [4.69, 9.17) is 0 Å². The Labute approximate surface area is 126 Å². The maximum atomic E-state index is 2.65. The van der Waals surface area contributed by atoms with Crippen LogP contribution < -0.4 is 0 Å². The molecule has 4 aliphatic carbocycles. The second kappa shape index (κ2) is 3.79. The Morgan fingerprint density at radius 1 is 0.950 bits per heavy atom. The molecule has 0 aromatic rings. The van der Waals surface area contributed by atoms with Crippen molar-refractivity contribution in [2.75, 3.05) is 0 Å². The second-order valence-electron chi connectivity index (χ2n) is 10.0. The van der Waals surface area contributed by atoms with Crippen LogP contribution in [0.2, 0.25) is 0 Å². The summed E-state index contributed by atoms with van der Waals surface area (Å²) in [5.74, 6) is 5.96. The number of hydrogen-bond donors (Lipinski definition) is 0. The summed E-state index contributed by atoms with van der Waals surface area (Å²) in [6.07, 6.45) is 10.5. The fourth-order valence-electron chi connectivity index (χ4n) is 7.83. The normalized spacial score (nSPS) is 56.5. The van der Waals surface area contributed by atoms with Crippen LogP contribution in [0.4, 0.5) is 0 Å². The zero-order valence-electron chi connectivity index (χ0n) is 14.3. The highest BCUT2D eigenvalue weighted by Gasteiger charge is 2.70. The van der Waals surface area contributed by atoms with E-state index in [1.807, 2.05) is 5.92 Å². The second-order valence-corrected chi connectivity index (χ2v) is 10.0. The van der Waals surface area contributed by atoms with Gasteiger partial charge in [-0.05, 0) is 75.0 Å². The predicted octanol–water partition coefficient (Wildman–Crippen LogP) is 5.87. The molecule has 0 aliphatic heterocycles. The molecule has 0 saturated heterocycles. The van der Waals surface area contributed by atoms with E-state index in [1.165, 1.54) is 38.5 Å². The summed E-state index contributed by atoms with van der Waals surface area (Å²) in [6, 6.07) is 0. The molecule has 0 radical (unpaired) electrons. The summed E-state index contributed by atoms with van der Waals surface area (Å²) in [5.41, 5.74) is 1.89. The van der Waals surface area contributed by atoms with E-state index < -0.39 is 0 Å². The molecular weight excluding hydrogens is 240 g/mol. The highest BCUT2D eigenvalue weighted by Crippen LogP contribution is 2.74. The third-order valence-electron chi connectivity index (χ3n) is 8.55. The van der Waals surface area contributed by atoms with Crippen molar-refractivity contribution >= 4 is 0 Å². The van der Waals surface area contributed by atoms with Gasteiger partial charge in [0, 0.05) is 5.92 Å². The first-order valence-corrected chi connectivity index (χ1v) is 9.14. The molecule has 0 bridgehead atoms. The van der Waals surface area contributed by atoms with Gasteiger partial charge in [0.25, 0.3) is 0 Å². The molecular formula is C20H33+. The monoisotopic (exact) mass is 273 g/mol. The van der Waals surface area contributed by atoms with Crippen LogP contribution in [-0.2, 0) is 0 Å². The van der Waals surface area contributed by atoms with Gasteiger partial charge in [-0.2, -0.15) is 0 Å². The van der Waals surface area contributed by atoms with Crippen molar-refractivity contribution < 1.29 is 0 Å². The summed E-state index contributed by atoms with van der Waals surface area (Å²) in [6.45, 7) is 12.9. The fourth-order valence-corrected chi connectivity index (χ4v) is 7.83. The van der Waals surface area contributed by atoms with Gasteiger partial charge in [0.1, 0.15) is 5.41 Å². The van der Waals surface area contributed by atoms with E-state index in [0.29, 0.717) is 16.2 Å². The molecule has 0 heteroatoms. The van der Waals surface area contributed by atoms with Crippen molar-refractivity contribution in [3.05, 3.63) is 5.92 Å². The molecule has 0 N–H and O–H groups in total. The van der Waals surface area contributed by atoms with Crippen LogP contribution in [0.3, 0.4) is 0 Å². The van der Waals surface area contributed by atoms with E-state index in [9.17, 15) is 0 Å². The molecule has 6 atom stereocenters. The molecule has 20 heavy (non-hydrogen) atoms. The minimum atomic E-state index is 0.603. The standard InChI is InChI=1S/C20H33/c1-13-8-9-20(5)15(13)7-6-14-16(20)12-19(4)11-10-18(2,3)17(14)19/h13-14,16-17H,6-12H2,1-5H3/q+1/t13-,14-,16-,17-,19-,20-/m1/s1. The molecule has 4 rings (SSSR count). The smallest absolute Gasteiger partial charge is 0.0596 e. The summed E-state index contributed by atoms with van der Waals surface area (Å²) in [7, 11) is 0. The minimum Gasteiger partial charge on any atom is -0.0596 e. The lowest BCUT2D eigenvalue weighted by Crippen LogP contribution is -2.41. The maximum absolute atomic E-state index is 2.65. The zero-order valence-corrected chi connectivity index (χ0v) is 14.3. The molecule has 112 valence electrons. The van der Waals surface area contributed by atoms with E-state index >= 15 is 0 Å². The molecule has 4 aliphatic rings. The molecule has 0 amide bonds. The Balaban J connectivity index is 1.72. The van der Waals surface area contributed by atoms with Crippen molar-refractivity contribution in [3.8, 4) is 0 Å². The fraction of sp³-hybridized carbons (Fsp3) is 0.950. The highest BCUT2D eigenvalue weighted by molar-refractivity contribution is 5.23. The van der Waals surface area contributed by atoms with E-state index in [-0.39, 0.29) is 0 Å². The number of hydrogen-bond acceptors (Lipinski definition) is 0. The molecule has 0 aromatic carbocycles. The van der Waals surface area contributed by atoms with E-state index in [2.05, 4.69) is 34.6 Å². The largest absolute Gasteiger partial charge is 0.111 e. The first kappa shape index (κ1) is 13.5. The zero-order chi connectivity index (χ0) is 14.3. The molecule has 0 nitrogen and oxygen atoms in total. The van der Waals surface area contributed by atoms with E-state index in [0.717, 1.165) is 23.7 Å². The van der Waals surface area contributed by atoms with Gasteiger partial charge in [-0.25, -0.2) is 0 Å². The van der Waals surface area contributed by atoms with Gasteiger partial charge in [0.15, 0.2) is 0 Å². The average Bonchev–Trinajstić information content (AvgIpc) is 2.91.